The number of benzene rings is 1. The zero-order valence-corrected chi connectivity index (χ0v) is 11.5. The van der Waals surface area contributed by atoms with E-state index in [2.05, 4.69) is 36.8 Å². The third-order valence-corrected chi connectivity index (χ3v) is 3.11. The van der Waals surface area contributed by atoms with Crippen molar-refractivity contribution >= 4 is 31.9 Å². The van der Waals surface area contributed by atoms with Gasteiger partial charge in [0, 0.05) is 22.1 Å². The molecule has 0 saturated heterocycles. The van der Waals surface area contributed by atoms with Gasteiger partial charge in [0.15, 0.2) is 0 Å². The van der Waals surface area contributed by atoms with Crippen molar-refractivity contribution < 1.29 is 4.74 Å². The fraction of sp³-hybridized carbons (Fsp3) is 0.0833. The van der Waals surface area contributed by atoms with Crippen LogP contribution in [0.2, 0.25) is 0 Å². The molecule has 16 heavy (non-hydrogen) atoms. The monoisotopic (exact) mass is 341 g/mol. The predicted molar refractivity (Wildman–Crippen MR) is 71.1 cm³/mol. The van der Waals surface area contributed by atoms with Gasteiger partial charge in [-0.05, 0) is 23.8 Å². The fourth-order valence-corrected chi connectivity index (χ4v) is 1.91. The number of hydrogen-bond acceptors (Lipinski definition) is 2. The Morgan fingerprint density at radius 2 is 2.06 bits per heavy atom. The molecule has 0 bridgehead atoms. The van der Waals surface area contributed by atoms with E-state index in [0.29, 0.717) is 5.88 Å². The van der Waals surface area contributed by atoms with Crippen molar-refractivity contribution in [2.75, 3.05) is 0 Å². The summed E-state index contributed by atoms with van der Waals surface area (Å²) in [6.45, 7) is 0. The molecule has 0 aliphatic rings. The van der Waals surface area contributed by atoms with E-state index in [0.717, 1.165) is 21.1 Å². The van der Waals surface area contributed by atoms with Crippen molar-refractivity contribution in [2.45, 2.75) is 5.33 Å². The molecule has 0 N–H and O–H groups in total. The van der Waals surface area contributed by atoms with Gasteiger partial charge in [-0.25, -0.2) is 4.98 Å². The first-order valence-corrected chi connectivity index (χ1v) is 6.64. The molecule has 0 spiro atoms. The molecule has 0 unspecified atom stereocenters. The zero-order valence-electron chi connectivity index (χ0n) is 8.36. The summed E-state index contributed by atoms with van der Waals surface area (Å²) in [6.07, 6.45) is 1.79. The van der Waals surface area contributed by atoms with E-state index in [1.165, 1.54) is 0 Å². The normalized spacial score (nSPS) is 10.1. The average molecular weight is 343 g/mol. The van der Waals surface area contributed by atoms with Crippen LogP contribution in [0.25, 0.3) is 0 Å². The molecule has 2 rings (SSSR count). The Morgan fingerprint density at radius 1 is 1.19 bits per heavy atom. The molecule has 0 fully saturated rings. The van der Waals surface area contributed by atoms with Crippen LogP contribution in [0.3, 0.4) is 0 Å². The Labute approximate surface area is 111 Å². The van der Waals surface area contributed by atoms with Gasteiger partial charge in [0.05, 0.1) is 0 Å². The first-order valence-electron chi connectivity index (χ1n) is 4.72. The van der Waals surface area contributed by atoms with E-state index in [1.807, 2.05) is 36.4 Å². The summed E-state index contributed by atoms with van der Waals surface area (Å²) in [5.41, 5.74) is 1.13. The average Bonchev–Trinajstić information content (AvgIpc) is 2.30. The molecule has 0 radical (unpaired) electrons. The van der Waals surface area contributed by atoms with E-state index >= 15 is 0 Å². The van der Waals surface area contributed by atoms with Gasteiger partial charge < -0.3 is 4.74 Å². The van der Waals surface area contributed by atoms with Crippen molar-refractivity contribution in [1.29, 1.82) is 0 Å². The highest BCUT2D eigenvalue weighted by Gasteiger charge is 1.99. The summed E-state index contributed by atoms with van der Waals surface area (Å²) in [6, 6.07) is 11.5. The molecule has 1 heterocycles. The topological polar surface area (TPSA) is 22.1 Å². The number of alkyl halides is 1. The minimum Gasteiger partial charge on any atom is -0.439 e. The lowest BCUT2D eigenvalue weighted by atomic mass is 10.3. The molecule has 0 saturated carbocycles. The first kappa shape index (κ1) is 11.6. The maximum atomic E-state index is 5.60. The lowest BCUT2D eigenvalue weighted by molar-refractivity contribution is 0.462. The van der Waals surface area contributed by atoms with Gasteiger partial charge in [-0.1, -0.05) is 44.0 Å². The van der Waals surface area contributed by atoms with Crippen LogP contribution in [-0.2, 0) is 5.33 Å². The third kappa shape index (κ3) is 3.06. The van der Waals surface area contributed by atoms with Gasteiger partial charge in [-0.2, -0.15) is 0 Å². The minimum absolute atomic E-state index is 0.600. The molecule has 4 heteroatoms. The standard InChI is InChI=1S/C12H9Br2NO/c13-7-9-4-5-12(15-8-9)16-11-3-1-2-10(14)6-11/h1-6,8H,7H2. The van der Waals surface area contributed by atoms with Gasteiger partial charge >= 0.3 is 0 Å². The van der Waals surface area contributed by atoms with Gasteiger partial charge in [0.2, 0.25) is 5.88 Å². The van der Waals surface area contributed by atoms with Gasteiger partial charge in [0.1, 0.15) is 5.75 Å². The fourth-order valence-electron chi connectivity index (χ4n) is 1.20. The van der Waals surface area contributed by atoms with E-state index in [9.17, 15) is 0 Å². The van der Waals surface area contributed by atoms with Crippen molar-refractivity contribution in [3.8, 4) is 11.6 Å². The highest BCUT2D eigenvalue weighted by Crippen LogP contribution is 2.23. The van der Waals surface area contributed by atoms with E-state index in [4.69, 9.17) is 4.74 Å². The maximum absolute atomic E-state index is 5.60. The molecule has 0 aliphatic carbocycles. The van der Waals surface area contributed by atoms with Crippen LogP contribution in [0.1, 0.15) is 5.56 Å². The molecule has 2 aromatic rings. The van der Waals surface area contributed by atoms with Crippen LogP contribution in [0, 0.1) is 0 Å². The lowest BCUT2D eigenvalue weighted by Crippen LogP contribution is -1.88. The van der Waals surface area contributed by atoms with Crippen molar-refractivity contribution in [3.05, 3.63) is 52.6 Å². The number of nitrogens with zero attached hydrogens (tertiary/aromatic N) is 1. The molecule has 2 nitrogen and oxygen atoms in total. The molecule has 82 valence electrons. The van der Waals surface area contributed by atoms with Crippen LogP contribution in [0.5, 0.6) is 11.6 Å². The minimum atomic E-state index is 0.600. The van der Waals surface area contributed by atoms with Crippen LogP contribution >= 0.6 is 31.9 Å². The predicted octanol–water partition coefficient (Wildman–Crippen LogP) is 4.53. The van der Waals surface area contributed by atoms with Crippen molar-refractivity contribution in [2.24, 2.45) is 0 Å². The highest BCUT2D eigenvalue weighted by atomic mass is 79.9. The number of ether oxygens (including phenoxy) is 1. The van der Waals surface area contributed by atoms with Crippen molar-refractivity contribution in [3.63, 3.8) is 0 Å². The largest absolute Gasteiger partial charge is 0.439 e. The summed E-state index contributed by atoms with van der Waals surface area (Å²) >= 11 is 6.76. The lowest BCUT2D eigenvalue weighted by Gasteiger charge is -2.05. The summed E-state index contributed by atoms with van der Waals surface area (Å²) < 4.78 is 6.59. The molecular weight excluding hydrogens is 334 g/mol. The first-order chi connectivity index (χ1) is 7.78. The van der Waals surface area contributed by atoms with E-state index in [-0.39, 0.29) is 0 Å². The van der Waals surface area contributed by atoms with Crippen LogP contribution in [-0.4, -0.2) is 4.98 Å². The summed E-state index contributed by atoms with van der Waals surface area (Å²) in [5, 5.41) is 0.803. The molecule has 0 atom stereocenters. The molecular formula is C12H9Br2NO. The molecule has 1 aromatic heterocycles. The number of pyridine rings is 1. The van der Waals surface area contributed by atoms with Crippen molar-refractivity contribution in [1.82, 2.24) is 4.98 Å². The Kier molecular flexibility index (Phi) is 3.96. The van der Waals surface area contributed by atoms with Gasteiger partial charge in [-0.15, -0.1) is 0 Å². The highest BCUT2D eigenvalue weighted by molar-refractivity contribution is 9.10. The van der Waals surface area contributed by atoms with Gasteiger partial charge in [-0.3, -0.25) is 0 Å². The molecule has 0 amide bonds. The quantitative estimate of drug-likeness (QED) is 0.764. The van der Waals surface area contributed by atoms with E-state index < -0.39 is 0 Å². The Bertz CT molecular complexity index is 471. The second-order valence-electron chi connectivity index (χ2n) is 3.20. The number of rotatable bonds is 3. The van der Waals surface area contributed by atoms with Crippen LogP contribution < -0.4 is 4.74 Å². The van der Waals surface area contributed by atoms with Gasteiger partial charge in [0.25, 0.3) is 0 Å². The Balaban J connectivity index is 2.14. The SMILES string of the molecule is BrCc1ccc(Oc2cccc(Br)c2)nc1. The Morgan fingerprint density at radius 3 is 2.69 bits per heavy atom. The zero-order chi connectivity index (χ0) is 11.4. The van der Waals surface area contributed by atoms with Crippen LogP contribution in [0.4, 0.5) is 0 Å². The summed E-state index contributed by atoms with van der Waals surface area (Å²) in [7, 11) is 0. The third-order valence-electron chi connectivity index (χ3n) is 1.97. The smallest absolute Gasteiger partial charge is 0.219 e. The number of halogens is 2. The second kappa shape index (κ2) is 5.46. The summed E-state index contributed by atoms with van der Waals surface area (Å²) in [5.74, 6) is 1.37. The molecule has 0 aliphatic heterocycles. The van der Waals surface area contributed by atoms with E-state index in [1.54, 1.807) is 6.20 Å². The van der Waals surface area contributed by atoms with Crippen LogP contribution in [0.15, 0.2) is 47.1 Å². The summed E-state index contributed by atoms with van der Waals surface area (Å²) in [4.78, 5) is 4.21. The number of hydrogen-bond donors (Lipinski definition) is 0. The Hall–Kier alpha value is -0.870. The molecule has 1 aromatic carbocycles. The maximum Gasteiger partial charge on any atom is 0.219 e. The number of aromatic nitrogens is 1. The second-order valence-corrected chi connectivity index (χ2v) is 4.67.